The Morgan fingerprint density at radius 2 is 1.48 bits per heavy atom. The summed E-state index contributed by atoms with van der Waals surface area (Å²) in [5.74, 6) is 0.483. The summed E-state index contributed by atoms with van der Waals surface area (Å²) in [6, 6.07) is 9.63. The molecule has 0 atom stereocenters. The Bertz CT molecular complexity index is 596. The van der Waals surface area contributed by atoms with Crippen molar-refractivity contribution in [2.24, 2.45) is 4.99 Å². The van der Waals surface area contributed by atoms with Crippen molar-refractivity contribution >= 4 is 17.7 Å². The average molecular weight is 372 g/mol. The minimum atomic E-state index is -0.445. The van der Waals surface area contributed by atoms with E-state index in [1.807, 2.05) is 88.1 Å². The molecule has 25 heavy (non-hydrogen) atoms. The summed E-state index contributed by atoms with van der Waals surface area (Å²) in [4.78, 5) is 15.8. The molecule has 1 aromatic carbocycles. The minimum absolute atomic E-state index is 0. The molecule has 0 spiro atoms. The van der Waals surface area contributed by atoms with Gasteiger partial charge in [0.05, 0.1) is 0 Å². The van der Waals surface area contributed by atoms with E-state index in [-0.39, 0.29) is 23.1 Å². The zero-order chi connectivity index (χ0) is 16.6. The van der Waals surface area contributed by atoms with Gasteiger partial charge in [-0.2, -0.15) is 4.99 Å². The molecule has 2 fully saturated rings. The number of amidine groups is 1. The van der Waals surface area contributed by atoms with Crippen molar-refractivity contribution in [2.75, 3.05) is 5.32 Å². The van der Waals surface area contributed by atoms with Crippen molar-refractivity contribution in [3.05, 3.63) is 106 Å². The van der Waals surface area contributed by atoms with Crippen LogP contribution in [0.15, 0.2) is 47.1 Å². The Morgan fingerprint density at radius 1 is 0.880 bits per heavy atom. The van der Waals surface area contributed by atoms with Crippen LogP contribution in [0.3, 0.4) is 0 Å². The van der Waals surface area contributed by atoms with Gasteiger partial charge in [-0.1, -0.05) is 18.2 Å². The maximum atomic E-state index is 11.7. The number of hydrogen-bond acceptors (Lipinski definition) is 4. The smallest absolute Gasteiger partial charge is 0.387 e. The predicted octanol–water partition coefficient (Wildman–Crippen LogP) is 3.32. The van der Waals surface area contributed by atoms with Crippen molar-refractivity contribution in [3.63, 3.8) is 0 Å². The number of benzene rings is 1. The van der Waals surface area contributed by atoms with E-state index in [0.29, 0.717) is 5.70 Å². The maximum Gasteiger partial charge on any atom is 2.00 e. The van der Waals surface area contributed by atoms with Crippen LogP contribution in [0.2, 0.25) is 0 Å². The summed E-state index contributed by atoms with van der Waals surface area (Å²) in [6.45, 7) is 0. The van der Waals surface area contributed by atoms with Crippen molar-refractivity contribution in [3.8, 4) is 0 Å². The summed E-state index contributed by atoms with van der Waals surface area (Å²) in [6.07, 6.45) is 19.3. The third-order valence-corrected chi connectivity index (χ3v) is 3.19. The summed E-state index contributed by atoms with van der Waals surface area (Å²) < 4.78 is 5.06. The molecule has 10 radical (unpaired) electrons. The van der Waals surface area contributed by atoms with Gasteiger partial charge in [0.15, 0.2) is 5.70 Å². The van der Waals surface area contributed by atoms with E-state index in [0.717, 1.165) is 11.6 Å². The summed E-state index contributed by atoms with van der Waals surface area (Å²) >= 11 is 0. The number of anilines is 1. The van der Waals surface area contributed by atoms with Gasteiger partial charge in [-0.3, -0.25) is 0 Å². The molecule has 0 bridgehead atoms. The van der Waals surface area contributed by atoms with Gasteiger partial charge in [-0.25, -0.2) is 4.79 Å². The molecule has 2 aliphatic carbocycles. The zero-order valence-electron chi connectivity index (χ0n) is 13.3. The number of allylic oxidation sites excluding steroid dienone is 1. The van der Waals surface area contributed by atoms with Gasteiger partial charge in [-0.15, -0.1) is 0 Å². The minimum Gasteiger partial charge on any atom is -0.387 e. The van der Waals surface area contributed by atoms with E-state index in [9.17, 15) is 4.79 Å². The molecule has 0 aromatic heterocycles. The Hall–Kier alpha value is -1.58. The molecular weight excluding hydrogens is 356 g/mol. The fourth-order valence-electron chi connectivity index (χ4n) is 2.07. The summed E-state index contributed by atoms with van der Waals surface area (Å²) in [5, 5.41) is 2.95. The molecule has 1 heterocycles. The summed E-state index contributed by atoms with van der Waals surface area (Å²) in [5.41, 5.74) is 1.12. The number of carbonyl (C=O) groups is 1. The molecule has 0 unspecified atom stereocenters. The standard InChI is InChI=1S/C15H11N2O2.C5H5.Fe/c18-14-13(10-11-6-4-5-7-11)17-15(19-14)16-12-8-2-1-3-9-12;1-2-4-5-3-1;/h1-10H,(H,16,17);1-5H;/q;;+2/b13-10-;;. The Balaban J connectivity index is 0.000000325. The Kier molecular flexibility index (Phi) is 8.23. The van der Waals surface area contributed by atoms with Crippen molar-refractivity contribution in [1.29, 1.82) is 0 Å². The number of aliphatic imine (C=N–C) groups is 1. The first-order valence-corrected chi connectivity index (χ1v) is 7.54. The molecule has 4 rings (SSSR count). The second-order valence-electron chi connectivity index (χ2n) is 5.01. The first kappa shape index (κ1) is 19.7. The SMILES string of the molecule is O=C1OC(Nc2ccccc2)=N/C1=C\[C]1[CH][CH][CH][CH]1.[CH]1[CH][CH][CH][CH]1.[Fe+2]. The van der Waals surface area contributed by atoms with Gasteiger partial charge in [0.25, 0.3) is 0 Å². The summed E-state index contributed by atoms with van der Waals surface area (Å²) in [7, 11) is 0. The van der Waals surface area contributed by atoms with E-state index in [1.54, 1.807) is 6.08 Å². The van der Waals surface area contributed by atoms with E-state index in [4.69, 9.17) is 4.74 Å². The molecule has 3 aliphatic rings. The van der Waals surface area contributed by atoms with Crippen LogP contribution in [0.4, 0.5) is 5.69 Å². The number of carbonyl (C=O) groups excluding carboxylic acids is 1. The molecule has 124 valence electrons. The van der Waals surface area contributed by atoms with Crippen LogP contribution in [0, 0.1) is 63.7 Å². The topological polar surface area (TPSA) is 50.7 Å². The Morgan fingerprint density at radius 3 is 2.08 bits per heavy atom. The van der Waals surface area contributed by atoms with Crippen LogP contribution in [-0.2, 0) is 26.6 Å². The van der Waals surface area contributed by atoms with E-state index < -0.39 is 5.97 Å². The van der Waals surface area contributed by atoms with Gasteiger partial charge < -0.3 is 10.1 Å². The molecular formula is C20H16FeN2O2+2. The van der Waals surface area contributed by atoms with E-state index in [2.05, 4.69) is 10.3 Å². The third-order valence-electron chi connectivity index (χ3n) is 3.19. The van der Waals surface area contributed by atoms with Crippen LogP contribution in [0.5, 0.6) is 0 Å². The first-order chi connectivity index (χ1) is 11.8. The van der Waals surface area contributed by atoms with E-state index in [1.165, 1.54) is 0 Å². The van der Waals surface area contributed by atoms with Crippen molar-refractivity contribution < 1.29 is 26.6 Å². The third kappa shape index (κ3) is 6.33. The number of nitrogens with one attached hydrogen (secondary N) is 1. The molecule has 0 amide bonds. The van der Waals surface area contributed by atoms with Crippen LogP contribution >= 0.6 is 0 Å². The monoisotopic (exact) mass is 372 g/mol. The fraction of sp³-hybridized carbons (Fsp3) is 0. The zero-order valence-corrected chi connectivity index (χ0v) is 14.4. The molecule has 1 N–H and O–H groups in total. The number of esters is 1. The number of hydrogen-bond donors (Lipinski definition) is 1. The second kappa shape index (κ2) is 10.4. The number of para-hydroxylation sites is 1. The largest absolute Gasteiger partial charge is 2.00 e. The van der Waals surface area contributed by atoms with Gasteiger partial charge >= 0.3 is 29.1 Å². The predicted molar refractivity (Wildman–Crippen MR) is 93.6 cm³/mol. The number of nitrogens with zero attached hydrogens (tertiary/aromatic N) is 1. The van der Waals surface area contributed by atoms with Gasteiger partial charge in [0, 0.05) is 11.6 Å². The molecule has 0 saturated heterocycles. The molecule has 1 aromatic rings. The first-order valence-electron chi connectivity index (χ1n) is 7.54. The normalized spacial score (nSPS) is 21.2. The average Bonchev–Trinajstić information content (AvgIpc) is 3.35. The van der Waals surface area contributed by atoms with Gasteiger partial charge in [0.1, 0.15) is 0 Å². The number of ether oxygens (including phenoxy) is 1. The van der Waals surface area contributed by atoms with Crippen molar-refractivity contribution in [1.82, 2.24) is 0 Å². The van der Waals surface area contributed by atoms with Crippen LogP contribution in [-0.4, -0.2) is 12.0 Å². The fourth-order valence-corrected chi connectivity index (χ4v) is 2.07. The molecule has 4 nitrogen and oxygen atoms in total. The van der Waals surface area contributed by atoms with Crippen LogP contribution in [0.25, 0.3) is 0 Å². The molecule has 1 aliphatic heterocycles. The molecule has 5 heteroatoms. The quantitative estimate of drug-likeness (QED) is 0.492. The van der Waals surface area contributed by atoms with Crippen LogP contribution in [0.1, 0.15) is 0 Å². The maximum absolute atomic E-state index is 11.7. The van der Waals surface area contributed by atoms with Crippen LogP contribution < -0.4 is 5.32 Å². The second-order valence-corrected chi connectivity index (χ2v) is 5.01. The van der Waals surface area contributed by atoms with Gasteiger partial charge in [0.2, 0.25) is 0 Å². The molecule has 2 saturated carbocycles. The number of rotatable bonds is 2. The Labute approximate surface area is 160 Å². The number of cyclic esters (lactones) is 1. The van der Waals surface area contributed by atoms with Gasteiger partial charge in [-0.05, 0) is 76.0 Å². The van der Waals surface area contributed by atoms with E-state index >= 15 is 0 Å². The van der Waals surface area contributed by atoms with Crippen molar-refractivity contribution in [2.45, 2.75) is 0 Å².